The first-order valence-electron chi connectivity index (χ1n) is 7.89. The molecule has 1 aliphatic carbocycles. The van der Waals surface area contributed by atoms with Gasteiger partial charge in [-0.05, 0) is 31.6 Å². The number of hydrogen-bond acceptors (Lipinski definition) is 4. The van der Waals surface area contributed by atoms with Crippen molar-refractivity contribution in [2.45, 2.75) is 44.6 Å². The van der Waals surface area contributed by atoms with Crippen LogP contribution in [0.2, 0.25) is 0 Å². The van der Waals surface area contributed by atoms with Crippen molar-refractivity contribution >= 4 is 5.69 Å². The second-order valence-electron chi connectivity index (χ2n) is 6.19. The number of aromatic nitrogens is 1. The van der Waals surface area contributed by atoms with Crippen molar-refractivity contribution in [3.63, 3.8) is 0 Å². The fourth-order valence-electron chi connectivity index (χ4n) is 3.29. The second-order valence-corrected chi connectivity index (χ2v) is 6.19. The molecule has 1 atom stereocenters. The minimum Gasteiger partial charge on any atom is -0.492 e. The highest BCUT2D eigenvalue weighted by molar-refractivity contribution is 5.48. The summed E-state index contributed by atoms with van der Waals surface area (Å²) in [6.07, 6.45) is 11.4. The van der Waals surface area contributed by atoms with E-state index in [0.29, 0.717) is 0 Å². The van der Waals surface area contributed by atoms with E-state index < -0.39 is 0 Å². The van der Waals surface area contributed by atoms with E-state index >= 15 is 0 Å². The minimum absolute atomic E-state index is 0.284. The molecule has 1 saturated heterocycles. The molecule has 1 unspecified atom stereocenters. The minimum atomic E-state index is 0.284. The fourth-order valence-corrected chi connectivity index (χ4v) is 3.29. The van der Waals surface area contributed by atoms with Gasteiger partial charge in [-0.15, -0.1) is 0 Å². The molecule has 2 aliphatic rings. The van der Waals surface area contributed by atoms with Crippen LogP contribution in [0.1, 0.15) is 38.5 Å². The lowest BCUT2D eigenvalue weighted by molar-refractivity contribution is 0.251. The van der Waals surface area contributed by atoms with Gasteiger partial charge in [0.2, 0.25) is 0 Å². The molecule has 0 amide bonds. The summed E-state index contributed by atoms with van der Waals surface area (Å²) >= 11 is 0. The summed E-state index contributed by atoms with van der Waals surface area (Å²) in [6.45, 7) is 2.83. The number of nitrogens with zero attached hydrogens (tertiary/aromatic N) is 2. The highest BCUT2D eigenvalue weighted by Gasteiger charge is 2.18. The van der Waals surface area contributed by atoms with Crippen LogP contribution in [0.15, 0.2) is 18.5 Å². The molecule has 1 aromatic rings. The van der Waals surface area contributed by atoms with Crippen LogP contribution in [0, 0.1) is 5.92 Å². The molecule has 4 heteroatoms. The molecule has 0 bridgehead atoms. The van der Waals surface area contributed by atoms with E-state index in [1.165, 1.54) is 25.7 Å². The van der Waals surface area contributed by atoms with E-state index in [1.54, 1.807) is 0 Å². The van der Waals surface area contributed by atoms with Crippen LogP contribution in [0.25, 0.3) is 0 Å². The standard InChI is InChI=1S/C16H25N3O/c17-14-6-3-7-19(11-14)15-8-16(10-18-9-15)20-12-13-4-1-2-5-13/h8-10,13-14H,1-7,11-12,17H2. The van der Waals surface area contributed by atoms with Crippen molar-refractivity contribution in [1.29, 1.82) is 0 Å². The summed E-state index contributed by atoms with van der Waals surface area (Å²) in [5.41, 5.74) is 7.19. The van der Waals surface area contributed by atoms with Gasteiger partial charge in [-0.2, -0.15) is 0 Å². The van der Waals surface area contributed by atoms with Gasteiger partial charge in [0.15, 0.2) is 0 Å². The van der Waals surface area contributed by atoms with Gasteiger partial charge in [0.1, 0.15) is 5.75 Å². The SMILES string of the molecule is NC1CCCN(c2cncc(OCC3CCCC3)c2)C1. The van der Waals surface area contributed by atoms with E-state index in [9.17, 15) is 0 Å². The summed E-state index contributed by atoms with van der Waals surface area (Å²) in [6, 6.07) is 2.40. The summed E-state index contributed by atoms with van der Waals surface area (Å²) in [5.74, 6) is 1.63. The molecule has 0 spiro atoms. The van der Waals surface area contributed by atoms with E-state index in [1.807, 2.05) is 12.4 Å². The molecule has 2 fully saturated rings. The summed E-state index contributed by atoms with van der Waals surface area (Å²) in [7, 11) is 0. The van der Waals surface area contributed by atoms with Gasteiger partial charge in [-0.1, -0.05) is 12.8 Å². The van der Waals surface area contributed by atoms with Crippen molar-refractivity contribution in [3.8, 4) is 5.75 Å². The zero-order chi connectivity index (χ0) is 13.8. The third-order valence-corrected chi connectivity index (χ3v) is 4.48. The summed E-state index contributed by atoms with van der Waals surface area (Å²) in [5, 5.41) is 0. The Morgan fingerprint density at radius 3 is 2.85 bits per heavy atom. The average Bonchev–Trinajstić information content (AvgIpc) is 2.99. The normalized spacial score (nSPS) is 24.1. The zero-order valence-electron chi connectivity index (χ0n) is 12.1. The second kappa shape index (κ2) is 6.44. The molecule has 4 nitrogen and oxygen atoms in total. The first kappa shape index (κ1) is 13.7. The third-order valence-electron chi connectivity index (χ3n) is 4.48. The molecular formula is C16H25N3O. The Bertz CT molecular complexity index is 431. The number of ether oxygens (including phenoxy) is 1. The van der Waals surface area contributed by atoms with Gasteiger partial charge in [0.05, 0.1) is 24.7 Å². The quantitative estimate of drug-likeness (QED) is 0.917. The maximum Gasteiger partial charge on any atom is 0.139 e. The van der Waals surface area contributed by atoms with Crippen molar-refractivity contribution in [2.24, 2.45) is 11.7 Å². The van der Waals surface area contributed by atoms with Crippen LogP contribution in [0.4, 0.5) is 5.69 Å². The lowest BCUT2D eigenvalue weighted by atomic mass is 10.1. The Balaban J connectivity index is 1.59. The molecule has 0 aromatic carbocycles. The Kier molecular flexibility index (Phi) is 4.41. The van der Waals surface area contributed by atoms with Crippen molar-refractivity contribution in [1.82, 2.24) is 4.98 Å². The Hall–Kier alpha value is -1.29. The number of rotatable bonds is 4. The van der Waals surface area contributed by atoms with Crippen molar-refractivity contribution in [3.05, 3.63) is 18.5 Å². The van der Waals surface area contributed by atoms with E-state index in [-0.39, 0.29) is 6.04 Å². The number of nitrogens with two attached hydrogens (primary N) is 1. The van der Waals surface area contributed by atoms with Crippen LogP contribution in [-0.2, 0) is 0 Å². The van der Waals surface area contributed by atoms with Crippen LogP contribution in [0.5, 0.6) is 5.75 Å². The van der Waals surface area contributed by atoms with E-state index in [2.05, 4.69) is 16.0 Å². The first-order valence-corrected chi connectivity index (χ1v) is 7.89. The number of pyridine rings is 1. The van der Waals surface area contributed by atoms with Crippen LogP contribution in [-0.4, -0.2) is 30.7 Å². The van der Waals surface area contributed by atoms with Crippen molar-refractivity contribution in [2.75, 3.05) is 24.6 Å². The van der Waals surface area contributed by atoms with E-state index in [4.69, 9.17) is 10.5 Å². The molecule has 2 heterocycles. The van der Waals surface area contributed by atoms with Gasteiger partial charge in [-0.3, -0.25) is 4.98 Å². The maximum atomic E-state index is 6.05. The molecule has 110 valence electrons. The molecule has 1 saturated carbocycles. The van der Waals surface area contributed by atoms with Gasteiger partial charge in [0, 0.05) is 25.2 Å². The molecule has 20 heavy (non-hydrogen) atoms. The molecule has 1 aromatic heterocycles. The molecule has 1 aliphatic heterocycles. The zero-order valence-corrected chi connectivity index (χ0v) is 12.1. The lowest BCUT2D eigenvalue weighted by Crippen LogP contribution is -2.42. The fraction of sp³-hybridized carbons (Fsp3) is 0.688. The monoisotopic (exact) mass is 275 g/mol. The van der Waals surface area contributed by atoms with Crippen molar-refractivity contribution < 1.29 is 4.74 Å². The van der Waals surface area contributed by atoms with Gasteiger partial charge in [0.25, 0.3) is 0 Å². The van der Waals surface area contributed by atoms with E-state index in [0.717, 1.165) is 49.9 Å². The van der Waals surface area contributed by atoms with Gasteiger partial charge < -0.3 is 15.4 Å². The predicted molar refractivity (Wildman–Crippen MR) is 81.1 cm³/mol. The molecule has 2 N–H and O–H groups in total. The Labute approximate surface area is 121 Å². The first-order chi connectivity index (χ1) is 9.81. The number of anilines is 1. The molecule has 0 radical (unpaired) electrons. The summed E-state index contributed by atoms with van der Waals surface area (Å²) in [4.78, 5) is 6.65. The van der Waals surface area contributed by atoms with Gasteiger partial charge in [-0.25, -0.2) is 0 Å². The highest BCUT2D eigenvalue weighted by Crippen LogP contribution is 2.27. The molecule has 3 rings (SSSR count). The van der Waals surface area contributed by atoms with Crippen LogP contribution < -0.4 is 15.4 Å². The number of hydrogen-bond donors (Lipinski definition) is 1. The largest absolute Gasteiger partial charge is 0.492 e. The predicted octanol–water partition coefficient (Wildman–Crippen LogP) is 2.58. The third kappa shape index (κ3) is 3.42. The average molecular weight is 275 g/mol. The van der Waals surface area contributed by atoms with Gasteiger partial charge >= 0.3 is 0 Å². The van der Waals surface area contributed by atoms with Crippen LogP contribution in [0.3, 0.4) is 0 Å². The Morgan fingerprint density at radius 2 is 2.05 bits per heavy atom. The summed E-state index contributed by atoms with van der Waals surface area (Å²) < 4.78 is 5.93. The Morgan fingerprint density at radius 1 is 1.20 bits per heavy atom. The maximum absolute atomic E-state index is 6.05. The smallest absolute Gasteiger partial charge is 0.139 e. The topological polar surface area (TPSA) is 51.4 Å². The lowest BCUT2D eigenvalue weighted by Gasteiger charge is -2.32. The highest BCUT2D eigenvalue weighted by atomic mass is 16.5. The number of piperidine rings is 1. The molecular weight excluding hydrogens is 250 g/mol. The van der Waals surface area contributed by atoms with Crippen LogP contribution >= 0.6 is 0 Å².